The summed E-state index contributed by atoms with van der Waals surface area (Å²) in [5.74, 6) is -0.391. The number of benzene rings is 1. The first-order chi connectivity index (χ1) is 12.8. The lowest BCUT2D eigenvalue weighted by Gasteiger charge is -2.34. The number of aryl methyl sites for hydroxylation is 1. The lowest BCUT2D eigenvalue weighted by atomic mass is 9.97. The van der Waals surface area contributed by atoms with Gasteiger partial charge in [-0.05, 0) is 57.1 Å². The molecule has 0 bridgehead atoms. The first kappa shape index (κ1) is 19.5. The minimum absolute atomic E-state index is 0.0557. The second-order valence-electron chi connectivity index (χ2n) is 7.78. The van der Waals surface area contributed by atoms with Gasteiger partial charge in [0.1, 0.15) is 6.04 Å². The van der Waals surface area contributed by atoms with Gasteiger partial charge in [-0.25, -0.2) is 0 Å². The summed E-state index contributed by atoms with van der Waals surface area (Å²) in [7, 11) is 0. The van der Waals surface area contributed by atoms with Crippen molar-refractivity contribution in [3.63, 3.8) is 0 Å². The Labute approximate surface area is 164 Å². The van der Waals surface area contributed by atoms with Crippen molar-refractivity contribution in [2.75, 3.05) is 0 Å². The van der Waals surface area contributed by atoms with Gasteiger partial charge in [-0.15, -0.1) is 5.10 Å². The Morgan fingerprint density at radius 1 is 1.37 bits per heavy atom. The van der Waals surface area contributed by atoms with E-state index < -0.39 is 6.04 Å². The Hall–Kier alpha value is -2.28. The molecule has 0 radical (unpaired) electrons. The summed E-state index contributed by atoms with van der Waals surface area (Å²) >= 11 is 1.14. The molecule has 1 heterocycles. The van der Waals surface area contributed by atoms with Crippen molar-refractivity contribution in [1.29, 1.82) is 0 Å². The third-order valence-electron chi connectivity index (χ3n) is 4.98. The van der Waals surface area contributed by atoms with Crippen LogP contribution in [0.5, 0.6) is 0 Å². The molecule has 1 aliphatic carbocycles. The summed E-state index contributed by atoms with van der Waals surface area (Å²) in [6.45, 7) is 8.01. The van der Waals surface area contributed by atoms with Gasteiger partial charge in [-0.2, -0.15) is 0 Å². The molecule has 0 unspecified atom stereocenters. The maximum atomic E-state index is 13.3. The molecular formula is C20H26N4O2S. The van der Waals surface area contributed by atoms with Crippen molar-refractivity contribution in [2.24, 2.45) is 0 Å². The fourth-order valence-corrected chi connectivity index (χ4v) is 3.44. The van der Waals surface area contributed by atoms with E-state index in [2.05, 4.69) is 14.9 Å². The van der Waals surface area contributed by atoms with Gasteiger partial charge >= 0.3 is 0 Å². The van der Waals surface area contributed by atoms with Crippen molar-refractivity contribution in [3.8, 4) is 0 Å². The van der Waals surface area contributed by atoms with Crippen molar-refractivity contribution >= 4 is 23.3 Å². The molecule has 0 spiro atoms. The first-order valence-electron chi connectivity index (χ1n) is 9.30. The van der Waals surface area contributed by atoms with Gasteiger partial charge in [0, 0.05) is 17.0 Å². The van der Waals surface area contributed by atoms with Crippen molar-refractivity contribution in [1.82, 2.24) is 19.8 Å². The van der Waals surface area contributed by atoms with E-state index in [9.17, 15) is 9.59 Å². The van der Waals surface area contributed by atoms with Crippen LogP contribution in [0.15, 0.2) is 29.6 Å². The third-order valence-corrected chi connectivity index (χ3v) is 5.49. The summed E-state index contributed by atoms with van der Waals surface area (Å²) < 4.78 is 3.81. The quantitative estimate of drug-likeness (QED) is 0.790. The number of carbonyl (C=O) groups excluding carboxylic acids is 2. The Morgan fingerprint density at radius 3 is 2.67 bits per heavy atom. The topological polar surface area (TPSA) is 75.2 Å². The Bertz CT molecular complexity index is 815. The molecule has 2 aromatic rings. The molecule has 1 aromatic carbocycles. The molecule has 27 heavy (non-hydrogen) atoms. The van der Waals surface area contributed by atoms with Crippen LogP contribution in [0.4, 0.5) is 0 Å². The predicted octanol–water partition coefficient (Wildman–Crippen LogP) is 3.50. The SMILES string of the molecule is CCC(C)(C)NC(=O)[C@@H](c1cccc(C)c1)N(C(=O)c1csnn1)C1CC1. The average Bonchev–Trinajstić information content (AvgIpc) is 3.30. The van der Waals surface area contributed by atoms with Crippen LogP contribution in [0.1, 0.15) is 67.7 Å². The van der Waals surface area contributed by atoms with Crippen LogP contribution in [0, 0.1) is 6.92 Å². The molecule has 1 aromatic heterocycles. The Balaban J connectivity index is 2.01. The molecule has 6 nitrogen and oxygen atoms in total. The second kappa shape index (κ2) is 7.76. The minimum Gasteiger partial charge on any atom is -0.349 e. The fraction of sp³-hybridized carbons (Fsp3) is 0.500. The summed E-state index contributed by atoms with van der Waals surface area (Å²) in [5.41, 5.74) is 1.83. The molecular weight excluding hydrogens is 360 g/mol. The minimum atomic E-state index is -0.683. The number of nitrogens with one attached hydrogen (secondary N) is 1. The average molecular weight is 387 g/mol. The summed E-state index contributed by atoms with van der Waals surface area (Å²) in [6.07, 6.45) is 2.60. The number of carbonyl (C=O) groups is 2. The lowest BCUT2D eigenvalue weighted by molar-refractivity contribution is -0.127. The van der Waals surface area contributed by atoms with E-state index in [0.717, 1.165) is 41.9 Å². The predicted molar refractivity (Wildman–Crippen MR) is 106 cm³/mol. The molecule has 1 fully saturated rings. The van der Waals surface area contributed by atoms with Crippen LogP contribution in [-0.2, 0) is 4.79 Å². The number of amides is 2. The molecule has 1 aliphatic rings. The largest absolute Gasteiger partial charge is 0.349 e. The van der Waals surface area contributed by atoms with Gasteiger partial charge in [-0.3, -0.25) is 9.59 Å². The molecule has 0 saturated heterocycles. The van der Waals surface area contributed by atoms with Crippen LogP contribution in [0.2, 0.25) is 0 Å². The number of hydrogen-bond acceptors (Lipinski definition) is 5. The van der Waals surface area contributed by atoms with Crippen LogP contribution in [-0.4, -0.2) is 37.9 Å². The summed E-state index contributed by atoms with van der Waals surface area (Å²) in [5, 5.41) is 8.70. The Kier molecular flexibility index (Phi) is 5.60. The molecule has 144 valence electrons. The van der Waals surface area contributed by atoms with E-state index in [4.69, 9.17) is 0 Å². The number of rotatable bonds is 7. The molecule has 0 aliphatic heterocycles. The number of aromatic nitrogens is 2. The molecule has 3 rings (SSSR count). The van der Waals surface area contributed by atoms with Crippen molar-refractivity contribution < 1.29 is 9.59 Å². The monoisotopic (exact) mass is 386 g/mol. The zero-order chi connectivity index (χ0) is 19.6. The third kappa shape index (κ3) is 4.53. The van der Waals surface area contributed by atoms with Crippen LogP contribution >= 0.6 is 11.5 Å². The highest BCUT2D eigenvalue weighted by atomic mass is 32.1. The number of nitrogens with zero attached hydrogens (tertiary/aromatic N) is 3. The molecule has 7 heteroatoms. The lowest BCUT2D eigenvalue weighted by Crippen LogP contribution is -2.51. The van der Waals surface area contributed by atoms with E-state index >= 15 is 0 Å². The highest BCUT2D eigenvalue weighted by Gasteiger charge is 2.43. The van der Waals surface area contributed by atoms with Gasteiger partial charge in [-0.1, -0.05) is 41.2 Å². The highest BCUT2D eigenvalue weighted by molar-refractivity contribution is 7.03. The van der Waals surface area contributed by atoms with Gasteiger partial charge in [0.15, 0.2) is 5.69 Å². The van der Waals surface area contributed by atoms with E-state index in [1.165, 1.54) is 0 Å². The van der Waals surface area contributed by atoms with E-state index in [1.807, 2.05) is 52.0 Å². The highest BCUT2D eigenvalue weighted by Crippen LogP contribution is 2.36. The summed E-state index contributed by atoms with van der Waals surface area (Å²) in [6, 6.07) is 7.18. The zero-order valence-corrected chi connectivity index (χ0v) is 17.0. The smallest absolute Gasteiger partial charge is 0.276 e. The molecule has 1 atom stereocenters. The van der Waals surface area contributed by atoms with Crippen LogP contribution in [0.25, 0.3) is 0 Å². The van der Waals surface area contributed by atoms with E-state index in [1.54, 1.807) is 10.3 Å². The second-order valence-corrected chi connectivity index (χ2v) is 8.39. The maximum Gasteiger partial charge on any atom is 0.276 e. The van der Waals surface area contributed by atoms with E-state index in [0.29, 0.717) is 5.69 Å². The van der Waals surface area contributed by atoms with Crippen LogP contribution < -0.4 is 5.32 Å². The standard InChI is InChI=1S/C20H26N4O2S/c1-5-20(3,4)21-18(25)17(14-8-6-7-13(2)11-14)24(15-9-10-15)19(26)16-12-27-23-22-16/h6-8,11-12,15,17H,5,9-10H2,1-4H3,(H,21,25)/t17-/m1/s1. The van der Waals surface area contributed by atoms with Crippen molar-refractivity contribution in [3.05, 3.63) is 46.5 Å². The molecule has 2 amide bonds. The Morgan fingerprint density at radius 2 is 2.11 bits per heavy atom. The fourth-order valence-electron chi connectivity index (χ4n) is 3.01. The molecule has 1 saturated carbocycles. The van der Waals surface area contributed by atoms with Crippen LogP contribution in [0.3, 0.4) is 0 Å². The first-order valence-corrected chi connectivity index (χ1v) is 10.1. The number of hydrogen-bond donors (Lipinski definition) is 1. The normalized spacial score (nSPS) is 15.3. The maximum absolute atomic E-state index is 13.3. The van der Waals surface area contributed by atoms with Gasteiger partial charge < -0.3 is 10.2 Å². The van der Waals surface area contributed by atoms with Gasteiger partial charge in [0.2, 0.25) is 5.91 Å². The van der Waals surface area contributed by atoms with Gasteiger partial charge in [0.05, 0.1) is 0 Å². The van der Waals surface area contributed by atoms with E-state index in [-0.39, 0.29) is 23.4 Å². The van der Waals surface area contributed by atoms with Gasteiger partial charge in [0.25, 0.3) is 5.91 Å². The molecule has 1 N–H and O–H groups in total. The zero-order valence-electron chi connectivity index (χ0n) is 16.2. The summed E-state index contributed by atoms with van der Waals surface area (Å²) in [4.78, 5) is 28.2. The van der Waals surface area contributed by atoms with Crippen molar-refractivity contribution in [2.45, 2.75) is 64.6 Å².